The van der Waals surface area contributed by atoms with E-state index in [9.17, 15) is 0 Å². The molecule has 1 N–H and O–H groups in total. The first-order valence-corrected chi connectivity index (χ1v) is 9.22. The lowest BCUT2D eigenvalue weighted by molar-refractivity contribution is 0.328. The van der Waals surface area contributed by atoms with E-state index in [1.807, 2.05) is 0 Å². The maximum atomic E-state index is 3.45. The molecule has 0 aromatic carbocycles. The minimum absolute atomic E-state index is 1.07. The molecular formula is C19H34N2. The maximum Gasteiger partial charge on any atom is 0.0357 e. The highest BCUT2D eigenvalue weighted by molar-refractivity contribution is 5.27. The summed E-state index contributed by atoms with van der Waals surface area (Å²) in [7, 11) is 0. The van der Waals surface area contributed by atoms with E-state index in [1.165, 1.54) is 89.4 Å². The van der Waals surface area contributed by atoms with Crippen LogP contribution in [0, 0.1) is 0 Å². The lowest BCUT2D eigenvalue weighted by Gasteiger charge is -2.16. The molecule has 0 aromatic heterocycles. The van der Waals surface area contributed by atoms with Gasteiger partial charge in [-0.1, -0.05) is 37.8 Å². The monoisotopic (exact) mass is 290 g/mol. The van der Waals surface area contributed by atoms with Crippen LogP contribution in [0.2, 0.25) is 0 Å². The Labute approximate surface area is 131 Å². The SMILES string of the molecule is CCCCC1=CNCC(CCCCCCN2CCCC2)=C1. The molecule has 0 unspecified atom stereocenters. The van der Waals surface area contributed by atoms with Gasteiger partial charge in [-0.3, -0.25) is 0 Å². The summed E-state index contributed by atoms with van der Waals surface area (Å²) in [6, 6.07) is 0. The third-order valence-corrected chi connectivity index (χ3v) is 4.75. The van der Waals surface area contributed by atoms with Crippen LogP contribution in [0.3, 0.4) is 0 Å². The van der Waals surface area contributed by atoms with Crippen molar-refractivity contribution in [2.24, 2.45) is 0 Å². The van der Waals surface area contributed by atoms with Crippen LogP contribution in [0.4, 0.5) is 0 Å². The first-order valence-electron chi connectivity index (χ1n) is 9.22. The van der Waals surface area contributed by atoms with Gasteiger partial charge in [0.15, 0.2) is 0 Å². The second kappa shape index (κ2) is 10.0. The maximum absolute atomic E-state index is 3.45. The van der Waals surface area contributed by atoms with Crippen molar-refractivity contribution in [1.29, 1.82) is 0 Å². The Kier molecular flexibility index (Phi) is 7.95. The van der Waals surface area contributed by atoms with Crippen LogP contribution < -0.4 is 5.32 Å². The van der Waals surface area contributed by atoms with Crippen molar-refractivity contribution in [3.63, 3.8) is 0 Å². The van der Waals surface area contributed by atoms with Gasteiger partial charge in [-0.2, -0.15) is 0 Å². The van der Waals surface area contributed by atoms with E-state index < -0.39 is 0 Å². The number of unbranched alkanes of at least 4 members (excludes halogenated alkanes) is 4. The molecule has 120 valence electrons. The zero-order valence-corrected chi connectivity index (χ0v) is 14.0. The highest BCUT2D eigenvalue weighted by Crippen LogP contribution is 2.18. The fourth-order valence-corrected chi connectivity index (χ4v) is 3.40. The van der Waals surface area contributed by atoms with Gasteiger partial charge in [0.1, 0.15) is 0 Å². The molecule has 0 saturated carbocycles. The topological polar surface area (TPSA) is 15.3 Å². The van der Waals surface area contributed by atoms with E-state index in [4.69, 9.17) is 0 Å². The summed E-state index contributed by atoms with van der Waals surface area (Å²) < 4.78 is 0. The van der Waals surface area contributed by atoms with Crippen LogP contribution in [0.5, 0.6) is 0 Å². The first-order chi connectivity index (χ1) is 10.4. The van der Waals surface area contributed by atoms with Crippen LogP contribution in [0.25, 0.3) is 0 Å². The Morgan fingerprint density at radius 2 is 1.81 bits per heavy atom. The number of hydrogen-bond acceptors (Lipinski definition) is 2. The van der Waals surface area contributed by atoms with Gasteiger partial charge in [-0.25, -0.2) is 0 Å². The molecule has 0 bridgehead atoms. The van der Waals surface area contributed by atoms with Crippen LogP contribution in [0.15, 0.2) is 23.4 Å². The summed E-state index contributed by atoms with van der Waals surface area (Å²) in [4.78, 5) is 2.64. The average molecular weight is 290 g/mol. The second-order valence-electron chi connectivity index (χ2n) is 6.72. The molecule has 1 saturated heterocycles. The van der Waals surface area contributed by atoms with Crippen LogP contribution in [0.1, 0.15) is 71.1 Å². The summed E-state index contributed by atoms with van der Waals surface area (Å²) in [5.41, 5.74) is 3.12. The Bertz CT molecular complexity index is 337. The molecule has 2 nitrogen and oxygen atoms in total. The second-order valence-corrected chi connectivity index (χ2v) is 6.72. The Morgan fingerprint density at radius 1 is 1.00 bits per heavy atom. The predicted molar refractivity (Wildman–Crippen MR) is 92.5 cm³/mol. The van der Waals surface area contributed by atoms with Crippen LogP contribution >= 0.6 is 0 Å². The van der Waals surface area contributed by atoms with Crippen molar-refractivity contribution < 1.29 is 0 Å². The molecule has 0 spiro atoms. The molecular weight excluding hydrogens is 256 g/mol. The normalized spacial score (nSPS) is 19.3. The lowest BCUT2D eigenvalue weighted by Crippen LogP contribution is -2.20. The molecule has 0 aromatic rings. The van der Waals surface area contributed by atoms with Gasteiger partial charge >= 0.3 is 0 Å². The number of nitrogens with zero attached hydrogens (tertiary/aromatic N) is 1. The fourth-order valence-electron chi connectivity index (χ4n) is 3.40. The van der Waals surface area contributed by atoms with E-state index in [-0.39, 0.29) is 0 Å². The van der Waals surface area contributed by atoms with Crippen LogP contribution in [-0.4, -0.2) is 31.1 Å². The minimum Gasteiger partial charge on any atom is -0.387 e. The van der Waals surface area contributed by atoms with Crippen molar-refractivity contribution in [2.75, 3.05) is 26.2 Å². The number of dihydropyridines is 1. The van der Waals surface area contributed by atoms with Gasteiger partial charge < -0.3 is 10.2 Å². The van der Waals surface area contributed by atoms with Gasteiger partial charge in [0, 0.05) is 6.54 Å². The quantitative estimate of drug-likeness (QED) is 0.590. The molecule has 21 heavy (non-hydrogen) atoms. The standard InChI is InChI=1S/C19H34N2/c1-2-3-10-18-15-19(17-20-16-18)11-6-4-5-7-12-21-13-8-9-14-21/h15-16,20H,2-14,17H2,1H3. The summed E-state index contributed by atoms with van der Waals surface area (Å²) in [6.45, 7) is 7.39. The van der Waals surface area contributed by atoms with E-state index in [0.717, 1.165) is 6.54 Å². The molecule has 0 atom stereocenters. The fraction of sp³-hybridized carbons (Fsp3) is 0.789. The van der Waals surface area contributed by atoms with Crippen molar-refractivity contribution in [2.45, 2.75) is 71.1 Å². The smallest absolute Gasteiger partial charge is 0.0357 e. The average Bonchev–Trinajstić information content (AvgIpc) is 3.02. The van der Waals surface area contributed by atoms with Crippen molar-refractivity contribution in [1.82, 2.24) is 10.2 Å². The van der Waals surface area contributed by atoms with E-state index in [2.05, 4.69) is 29.4 Å². The van der Waals surface area contributed by atoms with Crippen molar-refractivity contribution in [3.8, 4) is 0 Å². The highest BCUT2D eigenvalue weighted by atomic mass is 15.1. The van der Waals surface area contributed by atoms with Gasteiger partial charge in [-0.15, -0.1) is 0 Å². The third kappa shape index (κ3) is 6.69. The highest BCUT2D eigenvalue weighted by Gasteiger charge is 2.10. The molecule has 2 heteroatoms. The number of nitrogens with one attached hydrogen (secondary N) is 1. The summed E-state index contributed by atoms with van der Waals surface area (Å²) in [5, 5.41) is 3.45. The molecule has 0 amide bonds. The Morgan fingerprint density at radius 3 is 2.62 bits per heavy atom. The molecule has 0 aliphatic carbocycles. The van der Waals surface area contributed by atoms with Gasteiger partial charge in [0.2, 0.25) is 0 Å². The first kappa shape index (κ1) is 16.6. The van der Waals surface area contributed by atoms with Gasteiger partial charge in [-0.05, 0) is 76.4 Å². The third-order valence-electron chi connectivity index (χ3n) is 4.75. The van der Waals surface area contributed by atoms with Gasteiger partial charge in [0.25, 0.3) is 0 Å². The van der Waals surface area contributed by atoms with E-state index in [1.54, 1.807) is 5.57 Å². The molecule has 2 heterocycles. The zero-order valence-electron chi connectivity index (χ0n) is 14.0. The van der Waals surface area contributed by atoms with Crippen molar-refractivity contribution >= 4 is 0 Å². The summed E-state index contributed by atoms with van der Waals surface area (Å²) >= 11 is 0. The number of hydrogen-bond donors (Lipinski definition) is 1. The molecule has 0 radical (unpaired) electrons. The van der Waals surface area contributed by atoms with Gasteiger partial charge in [0.05, 0.1) is 0 Å². The number of allylic oxidation sites excluding steroid dienone is 2. The Balaban J connectivity index is 1.51. The van der Waals surface area contributed by atoms with E-state index >= 15 is 0 Å². The zero-order chi connectivity index (χ0) is 14.8. The number of likely N-dealkylation sites (tertiary alicyclic amines) is 1. The van der Waals surface area contributed by atoms with Crippen LogP contribution in [-0.2, 0) is 0 Å². The summed E-state index contributed by atoms with van der Waals surface area (Å²) in [6.07, 6.45) is 18.2. The number of rotatable bonds is 10. The minimum atomic E-state index is 1.07. The largest absolute Gasteiger partial charge is 0.387 e. The summed E-state index contributed by atoms with van der Waals surface area (Å²) in [5.74, 6) is 0. The molecule has 2 rings (SSSR count). The van der Waals surface area contributed by atoms with Crippen molar-refractivity contribution in [3.05, 3.63) is 23.4 Å². The lowest BCUT2D eigenvalue weighted by atomic mass is 9.99. The van der Waals surface area contributed by atoms with E-state index in [0.29, 0.717) is 0 Å². The Hall–Kier alpha value is -0.760. The molecule has 1 fully saturated rings. The predicted octanol–water partition coefficient (Wildman–Crippen LogP) is 4.64. The molecule has 2 aliphatic heterocycles. The molecule has 2 aliphatic rings.